The van der Waals surface area contributed by atoms with Crippen molar-refractivity contribution in [3.8, 4) is 0 Å². The molecule has 2 heterocycles. The predicted octanol–water partition coefficient (Wildman–Crippen LogP) is 2.53. The monoisotopic (exact) mass is 264 g/mol. The number of hydrogen-bond acceptors (Lipinski definition) is 4. The van der Waals surface area contributed by atoms with E-state index in [-0.39, 0.29) is 11.5 Å². The van der Waals surface area contributed by atoms with Gasteiger partial charge in [-0.2, -0.15) is 5.10 Å². The van der Waals surface area contributed by atoms with Crippen LogP contribution in [0.2, 0.25) is 0 Å². The molecule has 98 valence electrons. The Balaban J connectivity index is 2.32. The van der Waals surface area contributed by atoms with Crippen molar-refractivity contribution in [1.29, 1.82) is 0 Å². The summed E-state index contributed by atoms with van der Waals surface area (Å²) in [6.07, 6.45) is 1.97. The lowest BCUT2D eigenvalue weighted by Crippen LogP contribution is -2.15. The van der Waals surface area contributed by atoms with Crippen LogP contribution in [0.4, 0.5) is 0 Å². The second kappa shape index (κ2) is 4.48. The minimum atomic E-state index is -0.181. The van der Waals surface area contributed by atoms with Gasteiger partial charge in [0.05, 0.1) is 17.4 Å². The van der Waals surface area contributed by atoms with Gasteiger partial charge in [-0.3, -0.25) is 4.68 Å². The van der Waals surface area contributed by atoms with Gasteiger partial charge < -0.3 is 5.73 Å². The molecule has 1 atom stereocenters. The van der Waals surface area contributed by atoms with E-state index in [1.54, 1.807) is 16.0 Å². The molecule has 0 aliphatic carbocycles. The predicted molar refractivity (Wildman–Crippen MR) is 74.8 cm³/mol. The van der Waals surface area contributed by atoms with Gasteiger partial charge >= 0.3 is 0 Å². The normalized spacial score (nSPS) is 13.9. The maximum absolute atomic E-state index is 6.28. The molecule has 0 spiro atoms. The Morgan fingerprint density at radius 1 is 1.39 bits per heavy atom. The molecule has 0 fully saturated rings. The van der Waals surface area contributed by atoms with Crippen LogP contribution in [-0.2, 0) is 12.5 Å². The lowest BCUT2D eigenvalue weighted by atomic mass is 9.93. The van der Waals surface area contributed by atoms with Gasteiger partial charge in [0.15, 0.2) is 0 Å². The highest BCUT2D eigenvalue weighted by molar-refractivity contribution is 7.09. The topological polar surface area (TPSA) is 56.7 Å². The summed E-state index contributed by atoms with van der Waals surface area (Å²) in [6.45, 7) is 8.46. The Hall–Kier alpha value is -1.20. The maximum atomic E-state index is 6.28. The molecule has 2 aromatic rings. The third-order valence-electron chi connectivity index (χ3n) is 2.94. The Morgan fingerprint density at radius 3 is 2.50 bits per heavy atom. The highest BCUT2D eigenvalue weighted by Gasteiger charge is 2.22. The largest absolute Gasteiger partial charge is 0.318 e. The molecule has 2 rings (SSSR count). The Labute approximate surface area is 112 Å². The van der Waals surface area contributed by atoms with Crippen molar-refractivity contribution in [3.63, 3.8) is 0 Å². The molecule has 2 N–H and O–H groups in total. The second-order valence-corrected chi connectivity index (χ2v) is 6.53. The minimum Gasteiger partial charge on any atom is -0.318 e. The fraction of sp³-hybridized carbons (Fsp3) is 0.538. The first kappa shape index (κ1) is 13.2. The Kier molecular flexibility index (Phi) is 3.29. The molecule has 0 aromatic carbocycles. The van der Waals surface area contributed by atoms with E-state index in [4.69, 9.17) is 5.73 Å². The van der Waals surface area contributed by atoms with Gasteiger partial charge in [0.1, 0.15) is 5.01 Å². The molecule has 0 saturated carbocycles. The first-order valence-electron chi connectivity index (χ1n) is 6.00. The van der Waals surface area contributed by atoms with E-state index in [9.17, 15) is 0 Å². The van der Waals surface area contributed by atoms with Gasteiger partial charge in [-0.05, 0) is 6.92 Å². The van der Waals surface area contributed by atoms with Crippen molar-refractivity contribution in [3.05, 3.63) is 33.5 Å². The van der Waals surface area contributed by atoms with E-state index in [1.807, 2.05) is 20.2 Å². The lowest BCUT2D eigenvalue weighted by Gasteiger charge is -2.14. The summed E-state index contributed by atoms with van der Waals surface area (Å²) in [7, 11) is 1.91. The third-order valence-corrected chi connectivity index (χ3v) is 3.87. The van der Waals surface area contributed by atoms with E-state index >= 15 is 0 Å². The molecule has 0 radical (unpaired) electrons. The van der Waals surface area contributed by atoms with Crippen LogP contribution >= 0.6 is 11.3 Å². The number of aryl methyl sites for hydroxylation is 2. The summed E-state index contributed by atoms with van der Waals surface area (Å²) in [5.41, 5.74) is 9.46. The number of rotatable bonds is 2. The highest BCUT2D eigenvalue weighted by Crippen LogP contribution is 2.29. The molecule has 0 bridgehead atoms. The molecule has 4 nitrogen and oxygen atoms in total. The smallest absolute Gasteiger partial charge is 0.114 e. The molecular weight excluding hydrogens is 244 g/mol. The molecule has 0 aliphatic heterocycles. The van der Waals surface area contributed by atoms with Crippen LogP contribution in [0.15, 0.2) is 11.6 Å². The van der Waals surface area contributed by atoms with Gasteiger partial charge in [-0.25, -0.2) is 4.98 Å². The molecular formula is C13H20N4S. The molecule has 18 heavy (non-hydrogen) atoms. The quantitative estimate of drug-likeness (QED) is 0.907. The van der Waals surface area contributed by atoms with Gasteiger partial charge in [-0.15, -0.1) is 11.3 Å². The zero-order chi connectivity index (χ0) is 13.5. The van der Waals surface area contributed by atoms with E-state index < -0.39 is 0 Å². The molecule has 0 amide bonds. The molecule has 0 aliphatic rings. The Bertz CT molecular complexity index is 548. The summed E-state index contributed by atoms with van der Waals surface area (Å²) in [4.78, 5) is 4.66. The zero-order valence-electron chi connectivity index (χ0n) is 11.6. The number of aromatic nitrogens is 3. The average Bonchev–Trinajstić information content (AvgIpc) is 2.83. The second-order valence-electron chi connectivity index (χ2n) is 5.64. The maximum Gasteiger partial charge on any atom is 0.114 e. The van der Waals surface area contributed by atoms with Crippen LogP contribution in [0.5, 0.6) is 0 Å². The first-order valence-corrected chi connectivity index (χ1v) is 6.88. The van der Waals surface area contributed by atoms with Gasteiger partial charge in [0.25, 0.3) is 0 Å². The van der Waals surface area contributed by atoms with E-state index in [0.717, 1.165) is 22.0 Å². The van der Waals surface area contributed by atoms with E-state index in [0.29, 0.717) is 0 Å². The van der Waals surface area contributed by atoms with Gasteiger partial charge in [-0.1, -0.05) is 20.8 Å². The van der Waals surface area contributed by atoms with Crippen LogP contribution in [0, 0.1) is 6.92 Å². The minimum absolute atomic E-state index is 0.0679. The summed E-state index contributed by atoms with van der Waals surface area (Å²) < 4.78 is 1.79. The van der Waals surface area contributed by atoms with Crippen molar-refractivity contribution < 1.29 is 0 Å². The van der Waals surface area contributed by atoms with Crippen LogP contribution in [0.25, 0.3) is 0 Å². The molecule has 2 aromatic heterocycles. The average molecular weight is 264 g/mol. The number of hydrogen-bond donors (Lipinski definition) is 1. The van der Waals surface area contributed by atoms with E-state index in [2.05, 4.69) is 36.2 Å². The van der Waals surface area contributed by atoms with Crippen molar-refractivity contribution in [2.24, 2.45) is 12.8 Å². The summed E-state index contributed by atoms with van der Waals surface area (Å²) in [5.74, 6) is 0. The standard InChI is InChI=1S/C13H20N4S/c1-8-9(6-17(5)16-8)11(14)12-15-10(7-18-12)13(2,3)4/h6-7,11H,14H2,1-5H3. The van der Waals surface area contributed by atoms with Crippen molar-refractivity contribution >= 4 is 11.3 Å². The fourth-order valence-corrected chi connectivity index (χ4v) is 2.89. The van der Waals surface area contributed by atoms with Crippen LogP contribution in [0.1, 0.15) is 48.8 Å². The molecule has 5 heteroatoms. The molecule has 1 unspecified atom stereocenters. The van der Waals surface area contributed by atoms with Gasteiger partial charge in [0, 0.05) is 29.6 Å². The Morgan fingerprint density at radius 2 is 2.06 bits per heavy atom. The van der Waals surface area contributed by atoms with E-state index in [1.165, 1.54) is 0 Å². The summed E-state index contributed by atoms with van der Waals surface area (Å²) in [5, 5.41) is 7.38. The SMILES string of the molecule is Cc1nn(C)cc1C(N)c1nc(C(C)(C)C)cs1. The summed E-state index contributed by atoms with van der Waals surface area (Å²) in [6, 6.07) is -0.181. The number of thiazole rings is 1. The number of nitrogens with two attached hydrogens (primary N) is 1. The fourth-order valence-electron chi connectivity index (χ4n) is 1.83. The van der Waals surface area contributed by atoms with Crippen molar-refractivity contribution in [1.82, 2.24) is 14.8 Å². The first-order chi connectivity index (χ1) is 8.29. The highest BCUT2D eigenvalue weighted by atomic mass is 32.1. The van der Waals surface area contributed by atoms with Crippen LogP contribution in [0.3, 0.4) is 0 Å². The van der Waals surface area contributed by atoms with Crippen molar-refractivity contribution in [2.45, 2.75) is 39.2 Å². The summed E-state index contributed by atoms with van der Waals surface area (Å²) >= 11 is 1.62. The van der Waals surface area contributed by atoms with Gasteiger partial charge in [0.2, 0.25) is 0 Å². The zero-order valence-corrected chi connectivity index (χ0v) is 12.4. The van der Waals surface area contributed by atoms with Crippen LogP contribution < -0.4 is 5.73 Å². The number of nitrogens with zero attached hydrogens (tertiary/aromatic N) is 3. The van der Waals surface area contributed by atoms with Crippen LogP contribution in [-0.4, -0.2) is 14.8 Å². The lowest BCUT2D eigenvalue weighted by molar-refractivity contribution is 0.569. The van der Waals surface area contributed by atoms with Crippen molar-refractivity contribution in [2.75, 3.05) is 0 Å². The third kappa shape index (κ3) is 2.47. The molecule has 0 saturated heterocycles.